The van der Waals surface area contributed by atoms with Crippen LogP contribution in [0, 0.1) is 0 Å². The van der Waals surface area contributed by atoms with Crippen molar-refractivity contribution in [2.75, 3.05) is 16.2 Å². The highest BCUT2D eigenvalue weighted by Gasteiger charge is 2.27. The number of hydrogen-bond acceptors (Lipinski definition) is 4. The van der Waals surface area contributed by atoms with Gasteiger partial charge in [-0.3, -0.25) is 9.52 Å². The maximum Gasteiger partial charge on any atom is 0.293 e. The highest BCUT2D eigenvalue weighted by atomic mass is 32.2. The van der Waals surface area contributed by atoms with Gasteiger partial charge in [-0.05, 0) is 65.2 Å². The van der Waals surface area contributed by atoms with Crippen LogP contribution in [0.2, 0.25) is 0 Å². The molecule has 1 aliphatic heterocycles. The van der Waals surface area contributed by atoms with Crippen molar-refractivity contribution in [3.63, 3.8) is 0 Å². The molecule has 6 nitrogen and oxygen atoms in total. The van der Waals surface area contributed by atoms with E-state index in [4.69, 9.17) is 4.42 Å². The molecule has 1 aliphatic rings. The summed E-state index contributed by atoms with van der Waals surface area (Å²) < 4.78 is 33.6. The lowest BCUT2D eigenvalue weighted by Gasteiger charge is -2.16. The number of sulfonamides is 1. The minimum absolute atomic E-state index is 0.205. The van der Waals surface area contributed by atoms with E-state index in [1.54, 1.807) is 53.4 Å². The van der Waals surface area contributed by atoms with Crippen molar-refractivity contribution in [2.45, 2.75) is 11.3 Å². The molecule has 0 fully saturated rings. The molecule has 2 heterocycles. The second-order valence-corrected chi connectivity index (χ2v) is 8.82. The van der Waals surface area contributed by atoms with Gasteiger partial charge in [0.15, 0.2) is 5.76 Å². The fourth-order valence-electron chi connectivity index (χ4n) is 3.76. The number of furan rings is 1. The molecule has 0 radical (unpaired) electrons. The molecule has 5 rings (SSSR count). The Morgan fingerprint density at radius 1 is 0.933 bits per heavy atom. The number of carbonyl (C=O) groups is 1. The minimum atomic E-state index is -3.73. The van der Waals surface area contributed by atoms with Gasteiger partial charge in [0.25, 0.3) is 15.9 Å². The molecule has 1 amide bonds. The second-order valence-electron chi connectivity index (χ2n) is 7.14. The summed E-state index contributed by atoms with van der Waals surface area (Å²) in [4.78, 5) is 14.5. The molecular weight excluding hydrogens is 400 g/mol. The largest absolute Gasteiger partial charge is 0.459 e. The van der Waals surface area contributed by atoms with E-state index in [-0.39, 0.29) is 16.6 Å². The van der Waals surface area contributed by atoms with Crippen molar-refractivity contribution in [1.82, 2.24) is 0 Å². The number of nitrogens with one attached hydrogen (secondary N) is 1. The molecule has 0 bridgehead atoms. The Labute approximate surface area is 173 Å². The first-order valence-corrected chi connectivity index (χ1v) is 11.0. The van der Waals surface area contributed by atoms with Crippen molar-refractivity contribution in [1.29, 1.82) is 0 Å². The van der Waals surface area contributed by atoms with E-state index in [1.807, 2.05) is 24.3 Å². The number of carbonyl (C=O) groups excluding carboxylic acids is 1. The van der Waals surface area contributed by atoms with Crippen LogP contribution in [0.4, 0.5) is 11.4 Å². The Kier molecular flexibility index (Phi) is 4.33. The first-order valence-electron chi connectivity index (χ1n) is 9.51. The zero-order valence-electron chi connectivity index (χ0n) is 15.9. The van der Waals surface area contributed by atoms with E-state index in [2.05, 4.69) is 4.72 Å². The first kappa shape index (κ1) is 18.4. The Hall–Kier alpha value is -3.58. The van der Waals surface area contributed by atoms with Gasteiger partial charge in [0.2, 0.25) is 0 Å². The number of amides is 1. The van der Waals surface area contributed by atoms with Crippen LogP contribution in [0.5, 0.6) is 0 Å². The van der Waals surface area contributed by atoms with Crippen LogP contribution in [0.3, 0.4) is 0 Å². The normalized spacial score (nSPS) is 13.4. The average Bonchev–Trinajstić information content (AvgIpc) is 3.42. The van der Waals surface area contributed by atoms with E-state index in [1.165, 1.54) is 6.26 Å². The highest BCUT2D eigenvalue weighted by molar-refractivity contribution is 7.92. The van der Waals surface area contributed by atoms with Gasteiger partial charge in [0.1, 0.15) is 0 Å². The molecule has 1 aromatic heterocycles. The summed E-state index contributed by atoms with van der Waals surface area (Å²) in [6, 6.07) is 21.2. The lowest BCUT2D eigenvalue weighted by Crippen LogP contribution is -2.28. The molecule has 0 spiro atoms. The van der Waals surface area contributed by atoms with Gasteiger partial charge < -0.3 is 9.32 Å². The molecule has 3 aromatic carbocycles. The topological polar surface area (TPSA) is 79.6 Å². The Morgan fingerprint density at radius 3 is 2.57 bits per heavy atom. The van der Waals surface area contributed by atoms with Crippen molar-refractivity contribution in [2.24, 2.45) is 0 Å². The Morgan fingerprint density at radius 2 is 1.77 bits per heavy atom. The molecule has 0 saturated heterocycles. The zero-order chi connectivity index (χ0) is 20.7. The molecule has 0 saturated carbocycles. The number of hydrogen-bond donors (Lipinski definition) is 1. The summed E-state index contributed by atoms with van der Waals surface area (Å²) >= 11 is 0. The molecule has 4 aromatic rings. The van der Waals surface area contributed by atoms with Gasteiger partial charge >= 0.3 is 0 Å². The smallest absolute Gasteiger partial charge is 0.293 e. The van der Waals surface area contributed by atoms with Crippen molar-refractivity contribution in [3.8, 4) is 0 Å². The summed E-state index contributed by atoms with van der Waals surface area (Å²) in [5.41, 5.74) is 2.15. The fraction of sp³-hybridized carbons (Fsp3) is 0.0870. The molecule has 0 atom stereocenters. The third kappa shape index (κ3) is 3.23. The zero-order valence-corrected chi connectivity index (χ0v) is 16.7. The maximum absolute atomic E-state index is 12.9. The molecule has 150 valence electrons. The van der Waals surface area contributed by atoms with Gasteiger partial charge in [-0.2, -0.15) is 0 Å². The minimum Gasteiger partial charge on any atom is -0.459 e. The molecule has 0 unspecified atom stereocenters. The SMILES string of the molecule is O=C(c1ccco1)N1CCc2cc(NS(=O)(=O)c3ccc4ccccc4c3)ccc21. The van der Waals surface area contributed by atoms with Gasteiger partial charge in [-0.1, -0.05) is 30.3 Å². The van der Waals surface area contributed by atoms with E-state index < -0.39 is 10.0 Å². The van der Waals surface area contributed by atoms with Crippen LogP contribution in [0.15, 0.2) is 88.4 Å². The van der Waals surface area contributed by atoms with Gasteiger partial charge in [0.05, 0.1) is 11.2 Å². The van der Waals surface area contributed by atoms with Crippen LogP contribution in [-0.2, 0) is 16.4 Å². The summed E-state index contributed by atoms with van der Waals surface area (Å²) in [6.07, 6.45) is 2.11. The van der Waals surface area contributed by atoms with Crippen molar-refractivity contribution in [3.05, 3.63) is 90.4 Å². The quantitative estimate of drug-likeness (QED) is 0.531. The third-order valence-corrected chi connectivity index (χ3v) is 6.61. The highest BCUT2D eigenvalue weighted by Crippen LogP contribution is 2.32. The third-order valence-electron chi connectivity index (χ3n) is 5.24. The number of rotatable bonds is 4. The van der Waals surface area contributed by atoms with Crippen LogP contribution in [0.25, 0.3) is 10.8 Å². The van der Waals surface area contributed by atoms with E-state index in [9.17, 15) is 13.2 Å². The summed E-state index contributed by atoms with van der Waals surface area (Å²) in [5.74, 6) is 0.0761. The fourth-order valence-corrected chi connectivity index (χ4v) is 4.84. The molecule has 7 heteroatoms. The van der Waals surface area contributed by atoms with Gasteiger partial charge in [-0.15, -0.1) is 0 Å². The summed E-state index contributed by atoms with van der Waals surface area (Å²) in [5, 5.41) is 1.84. The van der Waals surface area contributed by atoms with Crippen molar-refractivity contribution >= 4 is 38.1 Å². The molecule has 0 aliphatic carbocycles. The van der Waals surface area contributed by atoms with Gasteiger partial charge in [-0.25, -0.2) is 8.42 Å². The standard InChI is InChI=1S/C23H18N2O4S/c26-23(22-6-3-13-29-22)25-12-11-18-14-19(8-10-21(18)25)24-30(27,28)20-9-7-16-4-1-2-5-17(16)15-20/h1-10,13-15,24H,11-12H2. The second kappa shape index (κ2) is 7.03. The van der Waals surface area contributed by atoms with Crippen LogP contribution >= 0.6 is 0 Å². The number of anilines is 2. The van der Waals surface area contributed by atoms with E-state index in [0.29, 0.717) is 18.7 Å². The lowest BCUT2D eigenvalue weighted by molar-refractivity contribution is 0.0963. The molecule has 1 N–H and O–H groups in total. The number of benzene rings is 3. The van der Waals surface area contributed by atoms with E-state index in [0.717, 1.165) is 22.0 Å². The van der Waals surface area contributed by atoms with Crippen LogP contribution in [0.1, 0.15) is 16.1 Å². The lowest BCUT2D eigenvalue weighted by atomic mass is 10.1. The number of fused-ring (bicyclic) bond motifs is 2. The molecular formula is C23H18N2O4S. The predicted molar refractivity (Wildman–Crippen MR) is 115 cm³/mol. The van der Waals surface area contributed by atoms with E-state index >= 15 is 0 Å². The summed E-state index contributed by atoms with van der Waals surface area (Å²) in [7, 11) is -3.73. The van der Waals surface area contributed by atoms with Gasteiger partial charge in [0, 0.05) is 17.9 Å². The summed E-state index contributed by atoms with van der Waals surface area (Å²) in [6.45, 7) is 0.524. The van der Waals surface area contributed by atoms with Crippen LogP contribution in [-0.4, -0.2) is 20.9 Å². The number of nitrogens with zero attached hydrogens (tertiary/aromatic N) is 1. The maximum atomic E-state index is 12.9. The average molecular weight is 418 g/mol. The predicted octanol–water partition coefficient (Wildman–Crippen LogP) is 4.44. The Balaban J connectivity index is 1.41. The Bertz CT molecular complexity index is 1360. The van der Waals surface area contributed by atoms with Crippen LogP contribution < -0.4 is 9.62 Å². The monoisotopic (exact) mass is 418 g/mol. The first-order chi connectivity index (χ1) is 14.5. The molecule has 30 heavy (non-hydrogen) atoms. The van der Waals surface area contributed by atoms with Crippen molar-refractivity contribution < 1.29 is 17.6 Å².